The molecule has 0 saturated carbocycles. The molecule has 0 bridgehead atoms. The zero-order chi connectivity index (χ0) is 20.4. The summed E-state index contributed by atoms with van der Waals surface area (Å²) in [5, 5.41) is 10.6. The number of pyridine rings is 1. The smallest absolute Gasteiger partial charge is 0.335 e. The van der Waals surface area contributed by atoms with Crippen LogP contribution in [0.3, 0.4) is 0 Å². The van der Waals surface area contributed by atoms with Crippen LogP contribution in [0, 0.1) is 6.92 Å². The first kappa shape index (κ1) is 19.2. The average Bonchev–Trinajstić information content (AvgIpc) is 3.23. The highest BCUT2D eigenvalue weighted by Gasteiger charge is 2.13. The van der Waals surface area contributed by atoms with E-state index in [0.29, 0.717) is 23.4 Å². The molecule has 2 aromatic carbocycles. The molecule has 0 atom stereocenters. The minimum absolute atomic E-state index is 0.150. The molecule has 29 heavy (non-hydrogen) atoms. The lowest BCUT2D eigenvalue weighted by Crippen LogP contribution is -2.25. The number of carboxylic acid groups (broad SMARTS) is 1. The van der Waals surface area contributed by atoms with Crippen LogP contribution in [0.15, 0.2) is 53.5 Å². The molecule has 0 spiro atoms. The van der Waals surface area contributed by atoms with Gasteiger partial charge in [-0.1, -0.05) is 12.1 Å². The van der Waals surface area contributed by atoms with Crippen molar-refractivity contribution in [2.24, 2.45) is 0 Å². The lowest BCUT2D eigenvalue weighted by molar-refractivity contribution is 0.0697. The van der Waals surface area contributed by atoms with Gasteiger partial charge in [-0.2, -0.15) is 0 Å². The van der Waals surface area contributed by atoms with Gasteiger partial charge in [0.25, 0.3) is 5.56 Å². The summed E-state index contributed by atoms with van der Waals surface area (Å²) in [4.78, 5) is 26.9. The topological polar surface area (TPSA) is 71.8 Å². The van der Waals surface area contributed by atoms with Crippen molar-refractivity contribution >= 4 is 16.7 Å². The maximum Gasteiger partial charge on any atom is 0.335 e. The fourth-order valence-electron chi connectivity index (χ4n) is 3.80. The largest absolute Gasteiger partial charge is 0.492 e. The van der Waals surface area contributed by atoms with Crippen molar-refractivity contribution in [1.82, 2.24) is 9.47 Å². The monoisotopic (exact) mass is 392 g/mol. The molecule has 1 saturated heterocycles. The lowest BCUT2D eigenvalue weighted by atomic mass is 10.1. The third-order valence-electron chi connectivity index (χ3n) is 5.47. The summed E-state index contributed by atoms with van der Waals surface area (Å²) in [6.07, 6.45) is 4.18. The van der Waals surface area contributed by atoms with Crippen LogP contribution in [0.2, 0.25) is 0 Å². The van der Waals surface area contributed by atoms with E-state index in [-0.39, 0.29) is 11.1 Å². The molecule has 1 aliphatic rings. The molecule has 1 aromatic heterocycles. The number of aromatic carboxylic acids is 1. The van der Waals surface area contributed by atoms with Crippen LogP contribution in [0.25, 0.3) is 16.5 Å². The Balaban J connectivity index is 1.65. The first-order valence-corrected chi connectivity index (χ1v) is 9.88. The second kappa shape index (κ2) is 8.09. The Labute approximate surface area is 169 Å². The summed E-state index contributed by atoms with van der Waals surface area (Å²) in [6, 6.07) is 12.2. The molecule has 1 fully saturated rings. The van der Waals surface area contributed by atoms with Crippen LogP contribution >= 0.6 is 0 Å². The van der Waals surface area contributed by atoms with Crippen molar-refractivity contribution in [2.75, 3.05) is 26.2 Å². The van der Waals surface area contributed by atoms with Gasteiger partial charge in [0.1, 0.15) is 12.4 Å². The number of ether oxygens (including phenoxy) is 1. The SMILES string of the molecule is Cc1ccc(C(=O)O)cc1-n1ccc2ccc(OCCN3CCCC3)cc2c1=O. The van der Waals surface area contributed by atoms with E-state index < -0.39 is 5.97 Å². The number of nitrogens with zero attached hydrogens (tertiary/aromatic N) is 2. The van der Waals surface area contributed by atoms with Crippen LogP contribution < -0.4 is 10.3 Å². The van der Waals surface area contributed by atoms with Gasteiger partial charge in [-0.3, -0.25) is 14.3 Å². The highest BCUT2D eigenvalue weighted by molar-refractivity contribution is 5.88. The quantitative estimate of drug-likeness (QED) is 0.695. The number of hydrogen-bond donors (Lipinski definition) is 1. The van der Waals surface area contributed by atoms with Crippen LogP contribution in [-0.4, -0.2) is 46.8 Å². The molecule has 0 unspecified atom stereocenters. The minimum atomic E-state index is -1.02. The van der Waals surface area contributed by atoms with Gasteiger partial charge >= 0.3 is 5.97 Å². The molecule has 2 heterocycles. The van der Waals surface area contributed by atoms with E-state index in [0.717, 1.165) is 30.6 Å². The molecular formula is C23H24N2O4. The number of benzene rings is 2. The Morgan fingerprint density at radius 3 is 2.66 bits per heavy atom. The van der Waals surface area contributed by atoms with Crippen molar-refractivity contribution < 1.29 is 14.6 Å². The zero-order valence-corrected chi connectivity index (χ0v) is 16.4. The number of carbonyl (C=O) groups is 1. The van der Waals surface area contributed by atoms with E-state index in [1.807, 2.05) is 25.1 Å². The fraction of sp³-hybridized carbons (Fsp3) is 0.304. The minimum Gasteiger partial charge on any atom is -0.492 e. The van der Waals surface area contributed by atoms with Gasteiger partial charge < -0.3 is 9.84 Å². The first-order valence-electron chi connectivity index (χ1n) is 9.88. The van der Waals surface area contributed by atoms with Crippen LogP contribution in [0.5, 0.6) is 5.75 Å². The van der Waals surface area contributed by atoms with E-state index in [4.69, 9.17) is 4.74 Å². The molecule has 1 aliphatic heterocycles. The zero-order valence-electron chi connectivity index (χ0n) is 16.4. The van der Waals surface area contributed by atoms with Gasteiger partial charge in [0.05, 0.1) is 16.6 Å². The van der Waals surface area contributed by atoms with E-state index in [1.165, 1.54) is 23.5 Å². The lowest BCUT2D eigenvalue weighted by Gasteiger charge is -2.15. The maximum absolute atomic E-state index is 13.1. The molecule has 6 nitrogen and oxygen atoms in total. The van der Waals surface area contributed by atoms with Gasteiger partial charge in [0, 0.05) is 12.7 Å². The van der Waals surface area contributed by atoms with Crippen LogP contribution in [0.1, 0.15) is 28.8 Å². The normalized spacial score (nSPS) is 14.4. The van der Waals surface area contributed by atoms with Crippen molar-refractivity contribution in [3.05, 3.63) is 70.1 Å². The number of rotatable bonds is 6. The second-order valence-corrected chi connectivity index (χ2v) is 7.44. The molecule has 0 radical (unpaired) electrons. The van der Waals surface area contributed by atoms with Crippen LogP contribution in [-0.2, 0) is 0 Å². The van der Waals surface area contributed by atoms with Gasteiger partial charge in [0.2, 0.25) is 0 Å². The Bertz CT molecular complexity index is 1110. The standard InChI is InChI=1S/C23H24N2O4/c1-16-4-5-18(23(27)28)14-21(16)25-11-8-17-6-7-19(15-20(17)22(25)26)29-13-12-24-9-2-3-10-24/h4-8,11,14-15H,2-3,9-10,12-13H2,1H3,(H,27,28). The van der Waals surface area contributed by atoms with Gasteiger partial charge in [-0.05, 0) is 74.1 Å². The summed E-state index contributed by atoms with van der Waals surface area (Å²) in [5.74, 6) is -0.351. The number of carboxylic acids is 1. The van der Waals surface area contributed by atoms with E-state index in [2.05, 4.69) is 4.90 Å². The van der Waals surface area contributed by atoms with Gasteiger partial charge in [-0.25, -0.2) is 4.79 Å². The first-order chi connectivity index (χ1) is 14.0. The summed E-state index contributed by atoms with van der Waals surface area (Å²) >= 11 is 0. The molecule has 6 heteroatoms. The maximum atomic E-state index is 13.1. The molecule has 1 N–H and O–H groups in total. The highest BCUT2D eigenvalue weighted by Crippen LogP contribution is 2.21. The molecule has 0 amide bonds. The average molecular weight is 392 g/mol. The van der Waals surface area contributed by atoms with Crippen molar-refractivity contribution in [3.63, 3.8) is 0 Å². The Kier molecular flexibility index (Phi) is 5.36. The van der Waals surface area contributed by atoms with Gasteiger partial charge in [0.15, 0.2) is 0 Å². The third-order valence-corrected chi connectivity index (χ3v) is 5.47. The van der Waals surface area contributed by atoms with Crippen molar-refractivity contribution in [3.8, 4) is 11.4 Å². The molecule has 3 aromatic rings. The van der Waals surface area contributed by atoms with Gasteiger partial charge in [-0.15, -0.1) is 0 Å². The summed E-state index contributed by atoms with van der Waals surface area (Å²) in [6.45, 7) is 5.58. The predicted molar refractivity (Wildman–Crippen MR) is 112 cm³/mol. The number of aromatic nitrogens is 1. The number of fused-ring (bicyclic) bond motifs is 1. The predicted octanol–water partition coefficient (Wildman–Crippen LogP) is 3.47. The summed E-state index contributed by atoms with van der Waals surface area (Å²) < 4.78 is 7.38. The van der Waals surface area contributed by atoms with E-state index in [1.54, 1.807) is 24.4 Å². The Morgan fingerprint density at radius 1 is 1.10 bits per heavy atom. The van der Waals surface area contributed by atoms with Crippen molar-refractivity contribution in [1.29, 1.82) is 0 Å². The summed E-state index contributed by atoms with van der Waals surface area (Å²) in [7, 11) is 0. The van der Waals surface area contributed by atoms with Crippen LogP contribution in [0.4, 0.5) is 0 Å². The number of aryl methyl sites for hydroxylation is 1. The number of hydrogen-bond acceptors (Lipinski definition) is 4. The van der Waals surface area contributed by atoms with E-state index >= 15 is 0 Å². The molecular weight excluding hydrogens is 368 g/mol. The van der Waals surface area contributed by atoms with Crippen molar-refractivity contribution in [2.45, 2.75) is 19.8 Å². The third kappa shape index (κ3) is 4.03. The Morgan fingerprint density at radius 2 is 1.90 bits per heavy atom. The summed E-state index contributed by atoms with van der Waals surface area (Å²) in [5.41, 5.74) is 1.35. The highest BCUT2D eigenvalue weighted by atomic mass is 16.5. The molecule has 0 aliphatic carbocycles. The van der Waals surface area contributed by atoms with E-state index in [9.17, 15) is 14.7 Å². The Hall–Kier alpha value is -3.12. The molecule has 150 valence electrons. The molecule has 4 rings (SSSR count). The fourth-order valence-corrected chi connectivity index (χ4v) is 3.80. The second-order valence-electron chi connectivity index (χ2n) is 7.44. The number of likely N-dealkylation sites (tertiary alicyclic amines) is 1.